The number of hydrogen-bond donors (Lipinski definition) is 0. The van der Waals surface area contributed by atoms with Crippen LogP contribution in [0.1, 0.15) is 31.9 Å². The Balaban J connectivity index is 0.868. The van der Waals surface area contributed by atoms with E-state index in [2.05, 4.69) is 56.3 Å². The van der Waals surface area contributed by atoms with Crippen molar-refractivity contribution in [2.75, 3.05) is 49.2 Å². The zero-order chi connectivity index (χ0) is 36.5. The third-order valence-electron chi connectivity index (χ3n) is 10.0. The average Bonchev–Trinajstić information content (AvgIpc) is 3.90. The lowest BCUT2D eigenvalue weighted by molar-refractivity contribution is -0.192. The minimum atomic E-state index is -1.23. The van der Waals surface area contributed by atoms with Crippen LogP contribution in [-0.2, 0) is 21.8 Å². The lowest BCUT2D eigenvalue weighted by atomic mass is 10.1. The minimum absolute atomic E-state index is 0.110. The molecule has 4 heterocycles. The number of aromatic nitrogens is 6. The standard InChI is InChI=1S/C39H40Cl2N8O4/c1-3-27(2)47-26-42-49(38(47)50)31-11-9-29(10-12-31)45-18-20-46(21-19-45)30-13-15-32(16-14-30)51-23-33-24-52-39(53-33,34-17-8-28(40)22-35(34)41)25-48-43-36-6-4-5-7-37(36)44-48/h4-17,22,26-27,33H,3,18-21,23-25H2,1-2H3/t27?,33-,39-/m1/s1. The van der Waals surface area contributed by atoms with Crippen LogP contribution in [-0.4, -0.2) is 74.8 Å². The van der Waals surface area contributed by atoms with Crippen LogP contribution in [0.2, 0.25) is 10.0 Å². The van der Waals surface area contributed by atoms with E-state index in [1.54, 1.807) is 27.8 Å². The van der Waals surface area contributed by atoms with Crippen molar-refractivity contribution in [3.8, 4) is 11.4 Å². The van der Waals surface area contributed by atoms with E-state index in [1.807, 2.05) is 61.5 Å². The fraction of sp³-hybridized carbons (Fsp3) is 0.333. The van der Waals surface area contributed by atoms with E-state index in [-0.39, 0.29) is 31.0 Å². The number of benzene rings is 4. The van der Waals surface area contributed by atoms with Gasteiger partial charge in [-0.15, -0.1) is 0 Å². The molecule has 4 aromatic carbocycles. The normalized spacial score (nSPS) is 19.6. The predicted molar refractivity (Wildman–Crippen MR) is 206 cm³/mol. The number of rotatable bonds is 11. The number of ether oxygens (including phenoxy) is 3. The molecule has 53 heavy (non-hydrogen) atoms. The molecule has 0 bridgehead atoms. The van der Waals surface area contributed by atoms with Crippen LogP contribution in [0.5, 0.6) is 5.75 Å². The van der Waals surface area contributed by atoms with Gasteiger partial charge in [-0.3, -0.25) is 4.57 Å². The van der Waals surface area contributed by atoms with E-state index in [4.69, 9.17) is 37.4 Å². The van der Waals surface area contributed by atoms with E-state index in [0.29, 0.717) is 22.2 Å². The first-order chi connectivity index (χ1) is 25.8. The molecule has 2 saturated heterocycles. The van der Waals surface area contributed by atoms with Crippen molar-refractivity contribution >= 4 is 45.6 Å². The highest BCUT2D eigenvalue weighted by atomic mass is 35.5. The molecule has 0 aliphatic carbocycles. The summed E-state index contributed by atoms with van der Waals surface area (Å²) in [5.74, 6) is -0.485. The average molecular weight is 756 g/mol. The number of nitrogens with zero attached hydrogens (tertiary/aromatic N) is 8. The second-order valence-electron chi connectivity index (χ2n) is 13.4. The van der Waals surface area contributed by atoms with Gasteiger partial charge in [0.1, 0.15) is 42.4 Å². The van der Waals surface area contributed by atoms with E-state index in [9.17, 15) is 4.79 Å². The maximum absolute atomic E-state index is 12.8. The van der Waals surface area contributed by atoms with Crippen LogP contribution in [0.15, 0.2) is 102 Å². The summed E-state index contributed by atoms with van der Waals surface area (Å²) >= 11 is 12.9. The van der Waals surface area contributed by atoms with E-state index in [1.165, 1.54) is 4.68 Å². The molecule has 8 rings (SSSR count). The molecular formula is C39H40Cl2N8O4. The molecule has 274 valence electrons. The van der Waals surface area contributed by atoms with Gasteiger partial charge in [0, 0.05) is 54.2 Å². The Morgan fingerprint density at radius 2 is 1.49 bits per heavy atom. The number of piperazine rings is 1. The first-order valence-electron chi connectivity index (χ1n) is 17.8. The molecular weight excluding hydrogens is 715 g/mol. The van der Waals surface area contributed by atoms with Crippen molar-refractivity contribution in [3.05, 3.63) is 123 Å². The van der Waals surface area contributed by atoms with Crippen molar-refractivity contribution in [3.63, 3.8) is 0 Å². The smallest absolute Gasteiger partial charge is 0.350 e. The van der Waals surface area contributed by atoms with Gasteiger partial charge in [-0.1, -0.05) is 48.3 Å². The highest BCUT2D eigenvalue weighted by Gasteiger charge is 2.46. The summed E-state index contributed by atoms with van der Waals surface area (Å²) in [6.45, 7) is 8.37. The van der Waals surface area contributed by atoms with Crippen molar-refractivity contribution < 1.29 is 14.2 Å². The van der Waals surface area contributed by atoms with Gasteiger partial charge >= 0.3 is 5.69 Å². The summed E-state index contributed by atoms with van der Waals surface area (Å²) in [5, 5.41) is 14.5. The summed E-state index contributed by atoms with van der Waals surface area (Å²) in [6, 6.07) is 29.3. The molecule has 2 aromatic heterocycles. The molecule has 3 atom stereocenters. The van der Waals surface area contributed by atoms with Gasteiger partial charge in [-0.05, 0) is 86.1 Å². The Hall–Kier alpha value is -4.88. The second-order valence-corrected chi connectivity index (χ2v) is 14.3. The Labute approximate surface area is 317 Å². The van der Waals surface area contributed by atoms with E-state index >= 15 is 0 Å². The molecule has 1 unspecified atom stereocenters. The third kappa shape index (κ3) is 7.24. The molecule has 2 aliphatic rings. The van der Waals surface area contributed by atoms with Crippen LogP contribution in [0, 0.1) is 0 Å². The van der Waals surface area contributed by atoms with Gasteiger partial charge in [0.15, 0.2) is 0 Å². The number of hydrogen-bond acceptors (Lipinski definition) is 9. The van der Waals surface area contributed by atoms with E-state index < -0.39 is 5.79 Å². The van der Waals surface area contributed by atoms with Gasteiger partial charge in [-0.2, -0.15) is 24.8 Å². The molecule has 0 saturated carbocycles. The van der Waals surface area contributed by atoms with Gasteiger partial charge in [0.05, 0.1) is 17.3 Å². The monoisotopic (exact) mass is 754 g/mol. The molecule has 6 aromatic rings. The zero-order valence-corrected chi connectivity index (χ0v) is 31.0. The fourth-order valence-corrected chi connectivity index (χ4v) is 7.43. The van der Waals surface area contributed by atoms with Crippen molar-refractivity contribution in [1.82, 2.24) is 29.3 Å². The van der Waals surface area contributed by atoms with E-state index in [0.717, 1.165) is 66.4 Å². The largest absolute Gasteiger partial charge is 0.491 e. The van der Waals surface area contributed by atoms with Crippen LogP contribution >= 0.6 is 23.2 Å². The molecule has 0 spiro atoms. The summed E-state index contributed by atoms with van der Waals surface area (Å²) < 4.78 is 22.3. The summed E-state index contributed by atoms with van der Waals surface area (Å²) in [6.07, 6.45) is 2.13. The van der Waals surface area contributed by atoms with Crippen molar-refractivity contribution in [2.45, 2.75) is 44.7 Å². The van der Waals surface area contributed by atoms with Crippen LogP contribution in [0.25, 0.3) is 16.7 Å². The Kier molecular flexibility index (Phi) is 9.86. The maximum atomic E-state index is 12.8. The molecule has 0 radical (unpaired) electrons. The molecule has 2 fully saturated rings. The number of halogens is 2. The highest BCUT2D eigenvalue weighted by molar-refractivity contribution is 6.35. The third-order valence-corrected chi connectivity index (χ3v) is 10.6. The van der Waals surface area contributed by atoms with Crippen LogP contribution in [0.3, 0.4) is 0 Å². The number of anilines is 2. The van der Waals surface area contributed by atoms with Gasteiger partial charge in [-0.25, -0.2) is 4.79 Å². The van der Waals surface area contributed by atoms with Gasteiger partial charge in [0.25, 0.3) is 0 Å². The Bertz CT molecular complexity index is 2220. The molecule has 0 N–H and O–H groups in total. The Morgan fingerprint density at radius 3 is 2.11 bits per heavy atom. The molecule has 2 aliphatic heterocycles. The topological polar surface area (TPSA) is 105 Å². The Morgan fingerprint density at radius 1 is 0.868 bits per heavy atom. The lowest BCUT2D eigenvalue weighted by Crippen LogP contribution is -2.46. The predicted octanol–water partition coefficient (Wildman–Crippen LogP) is 6.73. The van der Waals surface area contributed by atoms with Crippen molar-refractivity contribution in [1.29, 1.82) is 0 Å². The maximum Gasteiger partial charge on any atom is 0.350 e. The lowest BCUT2D eigenvalue weighted by Gasteiger charge is -2.37. The SMILES string of the molecule is CCC(C)n1cnn(-c2ccc(N3CCN(c4ccc(OC[C@@H]5CO[C@@](Cn6nc7ccccc7n6)(c6ccc(Cl)cc6Cl)O5)cc4)CC3)cc2)c1=O. The zero-order valence-electron chi connectivity index (χ0n) is 29.5. The van der Waals surface area contributed by atoms with Crippen molar-refractivity contribution in [2.24, 2.45) is 0 Å². The summed E-state index contributed by atoms with van der Waals surface area (Å²) in [4.78, 5) is 19.2. The summed E-state index contributed by atoms with van der Waals surface area (Å²) in [5.41, 5.74) is 5.11. The quantitative estimate of drug-likeness (QED) is 0.142. The highest BCUT2D eigenvalue weighted by Crippen LogP contribution is 2.40. The first kappa shape index (κ1) is 35.2. The second kappa shape index (κ2) is 14.9. The molecule has 12 nitrogen and oxygen atoms in total. The summed E-state index contributed by atoms with van der Waals surface area (Å²) in [7, 11) is 0. The first-order valence-corrected chi connectivity index (χ1v) is 18.6. The van der Waals surface area contributed by atoms with Crippen LogP contribution < -0.4 is 20.2 Å². The van der Waals surface area contributed by atoms with Crippen LogP contribution in [0.4, 0.5) is 11.4 Å². The number of fused-ring (bicyclic) bond motifs is 1. The minimum Gasteiger partial charge on any atom is -0.491 e. The van der Waals surface area contributed by atoms with Gasteiger partial charge in [0.2, 0.25) is 5.79 Å². The fourth-order valence-electron chi connectivity index (χ4n) is 6.88. The van der Waals surface area contributed by atoms with Gasteiger partial charge < -0.3 is 24.0 Å². The molecule has 14 heteroatoms. The molecule has 0 amide bonds.